The Morgan fingerprint density at radius 2 is 1.47 bits per heavy atom. The zero-order valence-corrected chi connectivity index (χ0v) is 19.8. The molecule has 1 amide bonds. The molecule has 4 rings (SSSR count). The van der Waals surface area contributed by atoms with Crippen molar-refractivity contribution < 1.29 is 4.79 Å². The van der Waals surface area contributed by atoms with Crippen LogP contribution < -0.4 is 26.4 Å². The van der Waals surface area contributed by atoms with Crippen LogP contribution in [-0.4, -0.2) is 31.6 Å². The van der Waals surface area contributed by atoms with E-state index < -0.39 is 0 Å². The summed E-state index contributed by atoms with van der Waals surface area (Å²) < 4.78 is 0. The summed E-state index contributed by atoms with van der Waals surface area (Å²) in [6.07, 6.45) is 14.7. The Hall–Kier alpha value is -1.85. The third-order valence-electron chi connectivity index (χ3n) is 8.22. The highest BCUT2D eigenvalue weighted by atomic mass is 16.2. The molecule has 1 aromatic rings. The molecule has 1 aromatic carbocycles. The van der Waals surface area contributed by atoms with Crippen molar-refractivity contribution in [1.29, 1.82) is 0 Å². The van der Waals surface area contributed by atoms with Crippen molar-refractivity contribution in [1.82, 2.24) is 5.32 Å². The number of anilines is 2. The standard InChI is InChI=1S/C26H41N3O3/c1-18-13-15-29(16-14-18)23-22(24(30)25(23)31)27-17-19-9-11-20(12-10-19)26(32)28-21-7-5-3-2-4-6-8-21/h18-21,27H,2-17H2,1H3,(H,28,32). The number of hydrogen-bond donors (Lipinski definition) is 2. The van der Waals surface area contributed by atoms with Crippen LogP contribution in [0.3, 0.4) is 0 Å². The molecule has 6 nitrogen and oxygen atoms in total. The van der Waals surface area contributed by atoms with Gasteiger partial charge in [0, 0.05) is 31.6 Å². The highest BCUT2D eigenvalue weighted by Gasteiger charge is 2.31. The minimum atomic E-state index is -0.356. The number of rotatable bonds is 6. The monoisotopic (exact) mass is 443 g/mol. The number of carbonyl (C=O) groups is 1. The van der Waals surface area contributed by atoms with E-state index in [1.807, 2.05) is 0 Å². The van der Waals surface area contributed by atoms with Crippen molar-refractivity contribution in [2.75, 3.05) is 29.9 Å². The maximum atomic E-state index is 12.8. The Morgan fingerprint density at radius 1 is 0.844 bits per heavy atom. The fourth-order valence-electron chi connectivity index (χ4n) is 5.87. The van der Waals surface area contributed by atoms with Gasteiger partial charge in [-0.3, -0.25) is 14.4 Å². The first-order valence-electron chi connectivity index (χ1n) is 13.2. The molecule has 1 heterocycles. The number of nitrogens with one attached hydrogen (secondary N) is 2. The molecule has 2 saturated carbocycles. The lowest BCUT2D eigenvalue weighted by Crippen LogP contribution is -2.46. The van der Waals surface area contributed by atoms with Gasteiger partial charge in [-0.25, -0.2) is 0 Å². The molecule has 0 unspecified atom stereocenters. The molecule has 1 saturated heterocycles. The highest BCUT2D eigenvalue weighted by Crippen LogP contribution is 2.31. The van der Waals surface area contributed by atoms with E-state index in [1.165, 1.54) is 32.1 Å². The molecular weight excluding hydrogens is 402 g/mol. The zero-order valence-electron chi connectivity index (χ0n) is 19.8. The summed E-state index contributed by atoms with van der Waals surface area (Å²) in [4.78, 5) is 39.3. The first-order valence-corrected chi connectivity index (χ1v) is 13.2. The van der Waals surface area contributed by atoms with E-state index >= 15 is 0 Å². The molecule has 2 N–H and O–H groups in total. The molecule has 0 spiro atoms. The van der Waals surface area contributed by atoms with Gasteiger partial charge in [-0.2, -0.15) is 0 Å². The van der Waals surface area contributed by atoms with Gasteiger partial charge in [0.1, 0.15) is 11.4 Å². The number of nitrogens with zero attached hydrogens (tertiary/aromatic N) is 1. The quantitative estimate of drug-likeness (QED) is 0.651. The van der Waals surface area contributed by atoms with Crippen LogP contribution in [0.4, 0.5) is 11.4 Å². The molecule has 2 aliphatic carbocycles. The van der Waals surface area contributed by atoms with E-state index in [1.54, 1.807) is 0 Å². The smallest absolute Gasteiger partial charge is 0.253 e. The minimum absolute atomic E-state index is 0.133. The maximum Gasteiger partial charge on any atom is 0.253 e. The van der Waals surface area contributed by atoms with Crippen molar-refractivity contribution in [2.24, 2.45) is 17.8 Å². The van der Waals surface area contributed by atoms with E-state index in [4.69, 9.17) is 0 Å². The highest BCUT2D eigenvalue weighted by molar-refractivity contribution is 5.79. The zero-order chi connectivity index (χ0) is 22.5. The molecular formula is C26H41N3O3. The second-order valence-corrected chi connectivity index (χ2v) is 10.7. The van der Waals surface area contributed by atoms with E-state index in [0.717, 1.165) is 71.0 Å². The summed E-state index contributed by atoms with van der Waals surface area (Å²) in [6.45, 7) is 4.69. The van der Waals surface area contributed by atoms with Crippen LogP contribution in [-0.2, 0) is 4.79 Å². The van der Waals surface area contributed by atoms with Gasteiger partial charge in [-0.05, 0) is 63.2 Å². The lowest BCUT2D eigenvalue weighted by Gasteiger charge is -2.34. The lowest BCUT2D eigenvalue weighted by atomic mass is 9.81. The van der Waals surface area contributed by atoms with Crippen LogP contribution >= 0.6 is 0 Å². The molecule has 3 aliphatic rings. The van der Waals surface area contributed by atoms with Crippen LogP contribution in [0, 0.1) is 17.8 Å². The third kappa shape index (κ3) is 5.55. The van der Waals surface area contributed by atoms with E-state index in [2.05, 4.69) is 22.5 Å². The lowest BCUT2D eigenvalue weighted by molar-refractivity contribution is -0.127. The number of amides is 1. The Kier molecular flexibility index (Phi) is 7.90. The van der Waals surface area contributed by atoms with Crippen LogP contribution in [0.2, 0.25) is 0 Å². The van der Waals surface area contributed by atoms with Gasteiger partial charge in [-0.15, -0.1) is 0 Å². The number of hydrogen-bond acceptors (Lipinski definition) is 5. The van der Waals surface area contributed by atoms with Gasteiger partial charge in [0.15, 0.2) is 0 Å². The molecule has 0 bridgehead atoms. The summed E-state index contributed by atoms with van der Waals surface area (Å²) in [7, 11) is 0. The molecule has 32 heavy (non-hydrogen) atoms. The first-order chi connectivity index (χ1) is 15.5. The van der Waals surface area contributed by atoms with Crippen molar-refractivity contribution in [2.45, 2.75) is 96.4 Å². The second-order valence-electron chi connectivity index (χ2n) is 10.7. The summed E-state index contributed by atoms with van der Waals surface area (Å²) in [5.74, 6) is 1.53. The van der Waals surface area contributed by atoms with E-state index in [9.17, 15) is 14.4 Å². The van der Waals surface area contributed by atoms with Gasteiger partial charge < -0.3 is 15.5 Å². The fourth-order valence-corrected chi connectivity index (χ4v) is 5.87. The largest absolute Gasteiger partial charge is 0.380 e. The van der Waals surface area contributed by atoms with Crippen molar-refractivity contribution >= 4 is 17.3 Å². The summed E-state index contributed by atoms with van der Waals surface area (Å²) >= 11 is 0. The number of carbonyl (C=O) groups excluding carboxylic acids is 1. The SMILES string of the molecule is CC1CCN(c2c(NCC3CCC(C(=O)NC4CCCCCCC4)CC3)c(=O)c2=O)CC1. The third-order valence-corrected chi connectivity index (χ3v) is 8.22. The van der Waals surface area contributed by atoms with Crippen LogP contribution in [0.5, 0.6) is 0 Å². The van der Waals surface area contributed by atoms with Crippen LogP contribution in [0.15, 0.2) is 9.59 Å². The predicted octanol–water partition coefficient (Wildman–Crippen LogP) is 3.97. The molecule has 3 fully saturated rings. The van der Waals surface area contributed by atoms with E-state index in [0.29, 0.717) is 29.3 Å². The molecule has 0 aromatic heterocycles. The normalized spacial score (nSPS) is 26.5. The Balaban J connectivity index is 1.22. The fraction of sp³-hybridized carbons (Fsp3) is 0.808. The molecule has 0 radical (unpaired) electrons. The Bertz CT molecular complexity index is 820. The van der Waals surface area contributed by atoms with Crippen LogP contribution in [0.1, 0.15) is 90.4 Å². The topological polar surface area (TPSA) is 78.5 Å². The summed E-state index contributed by atoms with van der Waals surface area (Å²) in [6, 6.07) is 0.368. The van der Waals surface area contributed by atoms with E-state index in [-0.39, 0.29) is 22.7 Å². The summed E-state index contributed by atoms with van der Waals surface area (Å²) in [5, 5.41) is 6.66. The summed E-state index contributed by atoms with van der Waals surface area (Å²) in [5.41, 5.74) is 0.477. The van der Waals surface area contributed by atoms with Gasteiger partial charge in [-0.1, -0.05) is 39.0 Å². The molecule has 0 atom stereocenters. The van der Waals surface area contributed by atoms with Crippen molar-refractivity contribution in [3.63, 3.8) is 0 Å². The number of piperidine rings is 1. The minimum Gasteiger partial charge on any atom is -0.380 e. The van der Waals surface area contributed by atoms with Gasteiger partial charge in [0.25, 0.3) is 10.9 Å². The second kappa shape index (κ2) is 10.8. The average Bonchev–Trinajstić information content (AvgIpc) is 2.79. The van der Waals surface area contributed by atoms with Gasteiger partial charge in [0.2, 0.25) is 5.91 Å². The maximum absolute atomic E-state index is 12.8. The molecule has 178 valence electrons. The van der Waals surface area contributed by atoms with Crippen LogP contribution in [0.25, 0.3) is 0 Å². The predicted molar refractivity (Wildman–Crippen MR) is 130 cm³/mol. The van der Waals surface area contributed by atoms with Crippen molar-refractivity contribution in [3.8, 4) is 0 Å². The first kappa shape index (κ1) is 23.3. The van der Waals surface area contributed by atoms with Gasteiger partial charge >= 0.3 is 0 Å². The average molecular weight is 444 g/mol. The Morgan fingerprint density at radius 3 is 2.12 bits per heavy atom. The van der Waals surface area contributed by atoms with Crippen molar-refractivity contribution in [3.05, 3.63) is 20.4 Å². The van der Waals surface area contributed by atoms with Gasteiger partial charge in [0.05, 0.1) is 0 Å². The molecule has 1 aliphatic heterocycles. The Labute approximate surface area is 192 Å². The molecule has 6 heteroatoms.